The van der Waals surface area contributed by atoms with Crippen LogP contribution < -0.4 is 5.73 Å². The van der Waals surface area contributed by atoms with Crippen molar-refractivity contribution in [2.45, 2.75) is 25.8 Å². The van der Waals surface area contributed by atoms with E-state index < -0.39 is 0 Å². The molecule has 5 nitrogen and oxygen atoms in total. The highest BCUT2D eigenvalue weighted by molar-refractivity contribution is 7.10. The number of ether oxygens (including phenoxy) is 1. The minimum Gasteiger partial charge on any atom is -0.469 e. The van der Waals surface area contributed by atoms with Gasteiger partial charge in [-0.15, -0.1) is 11.3 Å². The number of primary amides is 1. The quantitative estimate of drug-likeness (QED) is 0.858. The lowest BCUT2D eigenvalue weighted by molar-refractivity contribution is -0.153. The number of methoxy groups -OCH3 is 1. The third-order valence-corrected chi connectivity index (χ3v) is 5.77. The van der Waals surface area contributed by atoms with E-state index in [4.69, 9.17) is 10.5 Å². The lowest BCUT2D eigenvalue weighted by atomic mass is 9.81. The molecule has 1 amide bonds. The molecule has 0 unspecified atom stereocenters. The Balaban J connectivity index is 1.71. The van der Waals surface area contributed by atoms with Crippen LogP contribution in [0, 0.1) is 11.3 Å². The summed E-state index contributed by atoms with van der Waals surface area (Å²) < 4.78 is 5.05. The molecule has 1 aromatic rings. The number of nitrogens with two attached hydrogens (primary N) is 1. The zero-order valence-corrected chi connectivity index (χ0v) is 12.9. The maximum atomic E-state index is 12.2. The van der Waals surface area contributed by atoms with Crippen molar-refractivity contribution < 1.29 is 14.3 Å². The van der Waals surface area contributed by atoms with Crippen LogP contribution >= 0.6 is 11.3 Å². The molecule has 2 N–H and O–H groups in total. The molecule has 1 aliphatic heterocycles. The SMILES string of the molecule is COC(=O)[C@]12CCC[C@H]1CN(Cc1cc(C(N)=O)cs1)C2. The van der Waals surface area contributed by atoms with Crippen LogP contribution in [0.3, 0.4) is 0 Å². The van der Waals surface area contributed by atoms with Crippen LogP contribution in [0.5, 0.6) is 0 Å². The van der Waals surface area contributed by atoms with Gasteiger partial charge in [-0.1, -0.05) is 6.42 Å². The van der Waals surface area contributed by atoms with Gasteiger partial charge in [0.1, 0.15) is 0 Å². The van der Waals surface area contributed by atoms with Gasteiger partial charge in [-0.05, 0) is 24.8 Å². The smallest absolute Gasteiger partial charge is 0.313 e. The minimum absolute atomic E-state index is 0.0588. The molecule has 2 aliphatic rings. The molecule has 0 aromatic carbocycles. The van der Waals surface area contributed by atoms with Crippen LogP contribution in [-0.4, -0.2) is 37.0 Å². The second-order valence-corrected chi connectivity index (χ2v) is 7.07. The summed E-state index contributed by atoms with van der Waals surface area (Å²) >= 11 is 1.55. The Morgan fingerprint density at radius 2 is 2.38 bits per heavy atom. The molecular weight excluding hydrogens is 288 g/mol. The molecule has 114 valence electrons. The number of nitrogens with zero attached hydrogens (tertiary/aromatic N) is 1. The summed E-state index contributed by atoms with van der Waals surface area (Å²) in [5, 5.41) is 1.80. The number of hydrogen-bond donors (Lipinski definition) is 1. The van der Waals surface area contributed by atoms with Gasteiger partial charge in [-0.3, -0.25) is 14.5 Å². The van der Waals surface area contributed by atoms with Gasteiger partial charge in [0, 0.05) is 29.9 Å². The van der Waals surface area contributed by atoms with E-state index in [1.54, 1.807) is 16.7 Å². The molecule has 21 heavy (non-hydrogen) atoms. The molecule has 0 radical (unpaired) electrons. The zero-order chi connectivity index (χ0) is 15.0. The van der Waals surface area contributed by atoms with Crippen LogP contribution in [0.4, 0.5) is 0 Å². The highest BCUT2D eigenvalue weighted by Gasteiger charge is 2.55. The molecule has 2 fully saturated rings. The minimum atomic E-state index is -0.387. The Hall–Kier alpha value is -1.40. The lowest BCUT2D eigenvalue weighted by Gasteiger charge is -2.25. The number of amides is 1. The third kappa shape index (κ3) is 2.46. The van der Waals surface area contributed by atoms with E-state index in [1.807, 2.05) is 6.07 Å². The summed E-state index contributed by atoms with van der Waals surface area (Å²) in [6, 6.07) is 1.85. The monoisotopic (exact) mass is 308 g/mol. The van der Waals surface area contributed by atoms with Gasteiger partial charge in [-0.25, -0.2) is 0 Å². The first-order chi connectivity index (χ1) is 10.0. The van der Waals surface area contributed by atoms with Crippen LogP contribution in [0.1, 0.15) is 34.5 Å². The number of fused-ring (bicyclic) bond motifs is 1. The number of carbonyl (C=O) groups is 2. The topological polar surface area (TPSA) is 72.6 Å². The standard InChI is InChI=1S/C15H20N2O3S/c1-20-14(19)15-4-2-3-11(15)6-17(9-15)7-12-5-10(8-21-12)13(16)18/h5,8,11H,2-4,6-7,9H2,1H3,(H2,16,18)/t11-,15-/m0/s1. The number of hydrogen-bond acceptors (Lipinski definition) is 5. The Morgan fingerprint density at radius 3 is 3.05 bits per heavy atom. The predicted molar refractivity (Wildman–Crippen MR) is 79.9 cm³/mol. The highest BCUT2D eigenvalue weighted by atomic mass is 32.1. The molecule has 2 atom stereocenters. The van der Waals surface area contributed by atoms with Crippen molar-refractivity contribution in [1.82, 2.24) is 4.90 Å². The van der Waals surface area contributed by atoms with Crippen LogP contribution in [0.2, 0.25) is 0 Å². The second-order valence-electron chi connectivity index (χ2n) is 6.07. The summed E-state index contributed by atoms with van der Waals surface area (Å²) in [5.41, 5.74) is 5.54. The maximum absolute atomic E-state index is 12.2. The number of likely N-dealkylation sites (tertiary alicyclic amines) is 1. The number of carbonyl (C=O) groups excluding carboxylic acids is 2. The summed E-state index contributed by atoms with van der Waals surface area (Å²) in [7, 11) is 1.48. The van der Waals surface area contributed by atoms with Gasteiger partial charge < -0.3 is 10.5 Å². The molecule has 0 spiro atoms. The fourth-order valence-electron chi connectivity index (χ4n) is 3.86. The van der Waals surface area contributed by atoms with Gasteiger partial charge in [0.05, 0.1) is 18.1 Å². The maximum Gasteiger partial charge on any atom is 0.313 e. The summed E-state index contributed by atoms with van der Waals surface area (Å²) in [6.07, 6.45) is 3.14. The van der Waals surface area contributed by atoms with Crippen molar-refractivity contribution in [3.63, 3.8) is 0 Å². The van der Waals surface area contributed by atoms with Gasteiger partial charge in [-0.2, -0.15) is 0 Å². The average molecular weight is 308 g/mol. The molecule has 0 bridgehead atoms. The molecule has 1 aliphatic carbocycles. The Morgan fingerprint density at radius 1 is 1.57 bits per heavy atom. The molecule has 3 rings (SSSR count). The number of thiophene rings is 1. The zero-order valence-electron chi connectivity index (χ0n) is 12.1. The fourth-order valence-corrected chi connectivity index (χ4v) is 4.78. The van der Waals surface area contributed by atoms with Crippen LogP contribution in [0.15, 0.2) is 11.4 Å². The van der Waals surface area contributed by atoms with Gasteiger partial charge in [0.2, 0.25) is 5.91 Å². The molecule has 6 heteroatoms. The van der Waals surface area contributed by atoms with Crippen molar-refractivity contribution in [2.75, 3.05) is 20.2 Å². The van der Waals surface area contributed by atoms with Crippen LogP contribution in [-0.2, 0) is 16.1 Å². The Kier molecular flexibility index (Phi) is 3.75. The van der Waals surface area contributed by atoms with Crippen LogP contribution in [0.25, 0.3) is 0 Å². The molecule has 1 saturated heterocycles. The van der Waals surface area contributed by atoms with E-state index in [0.717, 1.165) is 43.8 Å². The average Bonchev–Trinajstić information content (AvgIpc) is 3.11. The van der Waals surface area contributed by atoms with Crippen molar-refractivity contribution in [3.05, 3.63) is 21.9 Å². The first kappa shape index (κ1) is 14.5. The highest BCUT2D eigenvalue weighted by Crippen LogP contribution is 2.49. The van der Waals surface area contributed by atoms with Crippen molar-refractivity contribution >= 4 is 23.2 Å². The van der Waals surface area contributed by atoms with E-state index >= 15 is 0 Å². The molecular formula is C15H20N2O3S. The normalized spacial score (nSPS) is 28.5. The second kappa shape index (κ2) is 5.42. The summed E-state index contributed by atoms with van der Waals surface area (Å²) in [5.74, 6) is -0.0427. The predicted octanol–water partition coefficient (Wildman–Crippen LogP) is 1.62. The van der Waals surface area contributed by atoms with Gasteiger partial charge in [0.15, 0.2) is 0 Å². The molecule has 2 heterocycles. The third-order valence-electron chi connectivity index (χ3n) is 4.85. The van der Waals surface area contributed by atoms with Gasteiger partial charge in [0.25, 0.3) is 0 Å². The molecule has 1 saturated carbocycles. The fraction of sp³-hybridized carbons (Fsp3) is 0.600. The van der Waals surface area contributed by atoms with E-state index in [9.17, 15) is 9.59 Å². The lowest BCUT2D eigenvalue weighted by Crippen LogP contribution is -2.36. The van der Waals surface area contributed by atoms with E-state index in [0.29, 0.717) is 11.5 Å². The Bertz CT molecular complexity index is 571. The molecule has 1 aromatic heterocycles. The summed E-state index contributed by atoms with van der Waals surface area (Å²) in [4.78, 5) is 26.8. The van der Waals surface area contributed by atoms with E-state index in [-0.39, 0.29) is 17.3 Å². The first-order valence-electron chi connectivity index (χ1n) is 7.23. The van der Waals surface area contributed by atoms with Crippen molar-refractivity contribution in [3.8, 4) is 0 Å². The largest absolute Gasteiger partial charge is 0.469 e. The van der Waals surface area contributed by atoms with Crippen molar-refractivity contribution in [2.24, 2.45) is 17.1 Å². The number of rotatable bonds is 4. The van der Waals surface area contributed by atoms with Crippen molar-refractivity contribution in [1.29, 1.82) is 0 Å². The summed E-state index contributed by atoms with van der Waals surface area (Å²) in [6.45, 7) is 2.46. The number of esters is 1. The van der Waals surface area contributed by atoms with Gasteiger partial charge >= 0.3 is 5.97 Å². The first-order valence-corrected chi connectivity index (χ1v) is 8.11. The van der Waals surface area contributed by atoms with E-state index in [2.05, 4.69) is 4.90 Å². The Labute approximate surface area is 128 Å². The van der Waals surface area contributed by atoms with E-state index in [1.165, 1.54) is 7.11 Å².